The molecule has 2 heterocycles. The summed E-state index contributed by atoms with van der Waals surface area (Å²) < 4.78 is 6.61. The maximum Gasteiger partial charge on any atom is 0.225 e. The third-order valence-electron chi connectivity index (χ3n) is 3.14. The fourth-order valence-corrected chi connectivity index (χ4v) is 2.12. The first-order valence-corrected chi connectivity index (χ1v) is 6.35. The van der Waals surface area contributed by atoms with Gasteiger partial charge in [0.15, 0.2) is 5.82 Å². The molecule has 1 amide bonds. The molecule has 2 rings (SSSR count). The average molecular weight is 262 g/mol. The molecule has 0 unspecified atom stereocenters. The Bertz CT molecular complexity index is 557. The number of aromatic nitrogens is 3. The predicted molar refractivity (Wildman–Crippen MR) is 70.8 cm³/mol. The van der Waals surface area contributed by atoms with Crippen molar-refractivity contribution in [3.05, 3.63) is 29.3 Å². The number of hydrogen-bond donors (Lipinski definition) is 1. The van der Waals surface area contributed by atoms with Gasteiger partial charge >= 0.3 is 0 Å². The predicted octanol–water partition coefficient (Wildman–Crippen LogP) is 2.08. The smallest absolute Gasteiger partial charge is 0.225 e. The molecule has 0 saturated heterocycles. The SMILES string of the molecule is CCn1nc(C)c(CCC(=O)Nc2ccon2)c1C. The Morgan fingerprint density at radius 3 is 2.84 bits per heavy atom. The number of carbonyl (C=O) groups excluding carboxylic acids is 1. The summed E-state index contributed by atoms with van der Waals surface area (Å²) in [6.07, 6.45) is 2.51. The van der Waals surface area contributed by atoms with E-state index in [1.165, 1.54) is 6.26 Å². The molecule has 2 aromatic heterocycles. The zero-order valence-corrected chi connectivity index (χ0v) is 11.4. The van der Waals surface area contributed by atoms with E-state index >= 15 is 0 Å². The standard InChI is InChI=1S/C13H18N4O2/c1-4-17-10(3)11(9(2)15-17)5-6-13(18)14-12-7-8-19-16-12/h7-8H,4-6H2,1-3H3,(H,14,16,18). The van der Waals surface area contributed by atoms with Gasteiger partial charge < -0.3 is 9.84 Å². The van der Waals surface area contributed by atoms with Crippen molar-refractivity contribution in [3.63, 3.8) is 0 Å². The fourth-order valence-electron chi connectivity index (χ4n) is 2.12. The molecule has 0 atom stereocenters. The van der Waals surface area contributed by atoms with Crippen LogP contribution in [0.2, 0.25) is 0 Å². The molecule has 2 aromatic rings. The molecule has 102 valence electrons. The molecular weight excluding hydrogens is 244 g/mol. The van der Waals surface area contributed by atoms with Crippen molar-refractivity contribution in [2.45, 2.75) is 40.2 Å². The first-order valence-electron chi connectivity index (χ1n) is 6.35. The Morgan fingerprint density at radius 1 is 1.47 bits per heavy atom. The summed E-state index contributed by atoms with van der Waals surface area (Å²) in [6, 6.07) is 1.61. The second kappa shape index (κ2) is 5.69. The van der Waals surface area contributed by atoms with Crippen molar-refractivity contribution in [1.82, 2.24) is 14.9 Å². The number of carbonyl (C=O) groups is 1. The van der Waals surface area contributed by atoms with Gasteiger partial charge in [0, 0.05) is 24.7 Å². The molecule has 6 nitrogen and oxygen atoms in total. The second-order valence-corrected chi connectivity index (χ2v) is 4.40. The van der Waals surface area contributed by atoms with Crippen molar-refractivity contribution in [2.24, 2.45) is 0 Å². The van der Waals surface area contributed by atoms with Crippen molar-refractivity contribution < 1.29 is 9.32 Å². The molecule has 0 fully saturated rings. The highest BCUT2D eigenvalue weighted by Gasteiger charge is 2.12. The number of nitrogens with one attached hydrogen (secondary N) is 1. The molecule has 1 N–H and O–H groups in total. The molecular formula is C13H18N4O2. The lowest BCUT2D eigenvalue weighted by Crippen LogP contribution is -2.13. The lowest BCUT2D eigenvalue weighted by Gasteiger charge is -2.03. The van der Waals surface area contributed by atoms with Crippen LogP contribution in [0.5, 0.6) is 0 Å². The van der Waals surface area contributed by atoms with Crippen LogP contribution in [0.4, 0.5) is 5.82 Å². The van der Waals surface area contributed by atoms with Crippen LogP contribution in [0.25, 0.3) is 0 Å². The number of amides is 1. The van der Waals surface area contributed by atoms with E-state index in [0.717, 1.165) is 23.5 Å². The van der Waals surface area contributed by atoms with Gasteiger partial charge in [-0.05, 0) is 32.8 Å². The minimum absolute atomic E-state index is 0.0723. The lowest BCUT2D eigenvalue weighted by atomic mass is 10.1. The van der Waals surface area contributed by atoms with Gasteiger partial charge in [0.1, 0.15) is 6.26 Å². The molecule has 0 aliphatic heterocycles. The van der Waals surface area contributed by atoms with Crippen molar-refractivity contribution in [2.75, 3.05) is 5.32 Å². The van der Waals surface area contributed by atoms with Gasteiger partial charge in [-0.2, -0.15) is 5.10 Å². The summed E-state index contributed by atoms with van der Waals surface area (Å²) in [5.74, 6) is 0.375. The van der Waals surface area contributed by atoms with Gasteiger partial charge in [-0.1, -0.05) is 5.16 Å². The van der Waals surface area contributed by atoms with E-state index < -0.39 is 0 Å². The normalized spacial score (nSPS) is 10.7. The number of anilines is 1. The minimum Gasteiger partial charge on any atom is -0.363 e. The molecule has 0 radical (unpaired) electrons. The van der Waals surface area contributed by atoms with Crippen LogP contribution in [0, 0.1) is 13.8 Å². The third kappa shape index (κ3) is 3.01. The van der Waals surface area contributed by atoms with Crippen LogP contribution >= 0.6 is 0 Å². The summed E-state index contributed by atoms with van der Waals surface area (Å²) in [5, 5.41) is 10.8. The average Bonchev–Trinajstić information content (AvgIpc) is 2.96. The highest BCUT2D eigenvalue weighted by atomic mass is 16.5. The quantitative estimate of drug-likeness (QED) is 0.895. The largest absolute Gasteiger partial charge is 0.363 e. The van der Waals surface area contributed by atoms with E-state index in [1.54, 1.807) is 6.07 Å². The first-order chi connectivity index (χ1) is 9.11. The van der Waals surface area contributed by atoms with Crippen molar-refractivity contribution in [3.8, 4) is 0 Å². The Kier molecular flexibility index (Phi) is 3.99. The maximum absolute atomic E-state index is 11.8. The maximum atomic E-state index is 11.8. The van der Waals surface area contributed by atoms with E-state index in [1.807, 2.05) is 18.5 Å². The lowest BCUT2D eigenvalue weighted by molar-refractivity contribution is -0.116. The molecule has 0 spiro atoms. The molecule has 19 heavy (non-hydrogen) atoms. The number of hydrogen-bond acceptors (Lipinski definition) is 4. The van der Waals surface area contributed by atoms with Crippen LogP contribution < -0.4 is 5.32 Å². The summed E-state index contributed by atoms with van der Waals surface area (Å²) in [4.78, 5) is 11.8. The number of nitrogens with zero attached hydrogens (tertiary/aromatic N) is 3. The van der Waals surface area contributed by atoms with Gasteiger partial charge in [0.25, 0.3) is 0 Å². The minimum atomic E-state index is -0.0723. The van der Waals surface area contributed by atoms with Gasteiger partial charge in [-0.3, -0.25) is 9.48 Å². The van der Waals surface area contributed by atoms with Crippen molar-refractivity contribution >= 4 is 11.7 Å². The molecule has 0 aliphatic carbocycles. The third-order valence-corrected chi connectivity index (χ3v) is 3.14. The van der Waals surface area contributed by atoms with E-state index in [4.69, 9.17) is 0 Å². The van der Waals surface area contributed by atoms with E-state index in [0.29, 0.717) is 18.7 Å². The summed E-state index contributed by atoms with van der Waals surface area (Å²) in [7, 11) is 0. The Morgan fingerprint density at radius 2 is 2.26 bits per heavy atom. The molecule has 0 aliphatic rings. The number of rotatable bonds is 5. The van der Waals surface area contributed by atoms with Gasteiger partial charge in [0.05, 0.1) is 5.69 Å². The van der Waals surface area contributed by atoms with E-state index in [9.17, 15) is 4.79 Å². The number of aryl methyl sites for hydroxylation is 2. The highest BCUT2D eigenvalue weighted by molar-refractivity contribution is 5.89. The van der Waals surface area contributed by atoms with Gasteiger partial charge in [0.2, 0.25) is 5.91 Å². The van der Waals surface area contributed by atoms with Crippen LogP contribution in [0.15, 0.2) is 16.9 Å². The summed E-state index contributed by atoms with van der Waals surface area (Å²) >= 11 is 0. The topological polar surface area (TPSA) is 73.0 Å². The van der Waals surface area contributed by atoms with Crippen molar-refractivity contribution in [1.29, 1.82) is 0 Å². The zero-order valence-electron chi connectivity index (χ0n) is 11.4. The van der Waals surface area contributed by atoms with Gasteiger partial charge in [-0.15, -0.1) is 0 Å². The highest BCUT2D eigenvalue weighted by Crippen LogP contribution is 2.15. The summed E-state index contributed by atoms with van der Waals surface area (Å²) in [5.41, 5.74) is 3.28. The molecule has 6 heteroatoms. The Balaban J connectivity index is 1.95. The fraction of sp³-hybridized carbons (Fsp3) is 0.462. The molecule has 0 saturated carbocycles. The van der Waals surface area contributed by atoms with E-state index in [2.05, 4.69) is 27.0 Å². The van der Waals surface area contributed by atoms with Crippen LogP contribution in [-0.4, -0.2) is 20.8 Å². The van der Waals surface area contributed by atoms with Crippen LogP contribution in [-0.2, 0) is 17.8 Å². The second-order valence-electron chi connectivity index (χ2n) is 4.40. The summed E-state index contributed by atoms with van der Waals surface area (Å²) in [6.45, 7) is 6.91. The van der Waals surface area contributed by atoms with E-state index in [-0.39, 0.29) is 5.91 Å². The first kappa shape index (κ1) is 13.3. The monoisotopic (exact) mass is 262 g/mol. The molecule has 0 aromatic carbocycles. The Hall–Kier alpha value is -2.11. The van der Waals surface area contributed by atoms with Crippen LogP contribution in [0.3, 0.4) is 0 Å². The molecule has 0 bridgehead atoms. The zero-order chi connectivity index (χ0) is 13.8. The van der Waals surface area contributed by atoms with Gasteiger partial charge in [-0.25, -0.2) is 0 Å². The Labute approximate surface area is 111 Å². The van der Waals surface area contributed by atoms with Crippen LogP contribution in [0.1, 0.15) is 30.3 Å².